The normalized spacial score (nSPS) is 12.5. The van der Waals surface area contributed by atoms with Gasteiger partial charge in [0.05, 0.1) is 19.4 Å². The van der Waals surface area contributed by atoms with Gasteiger partial charge in [-0.15, -0.1) is 0 Å². The molecule has 28 heavy (non-hydrogen) atoms. The summed E-state index contributed by atoms with van der Waals surface area (Å²) in [6, 6.07) is 10.8. The number of aliphatic hydroxyl groups excluding tert-OH is 2. The molecule has 0 heterocycles. The van der Waals surface area contributed by atoms with E-state index in [1.165, 1.54) is 0 Å². The second-order valence-corrected chi connectivity index (χ2v) is 8.29. The van der Waals surface area contributed by atoms with Crippen LogP contribution < -0.4 is 14.8 Å². The molecule has 0 radical (unpaired) electrons. The van der Waals surface area contributed by atoms with E-state index in [1.807, 2.05) is 24.3 Å². The van der Waals surface area contributed by atoms with Crippen LogP contribution in [0, 0.1) is 5.41 Å². The van der Waals surface area contributed by atoms with Crippen molar-refractivity contribution in [1.29, 1.82) is 0 Å². The molecule has 0 unspecified atom stereocenters. The zero-order valence-corrected chi connectivity index (χ0v) is 17.7. The van der Waals surface area contributed by atoms with Crippen LogP contribution in [0.25, 0.3) is 0 Å². The molecule has 2 rings (SSSR count). The van der Waals surface area contributed by atoms with E-state index in [1.54, 1.807) is 19.2 Å². The van der Waals surface area contributed by atoms with Crippen molar-refractivity contribution in [2.24, 2.45) is 5.41 Å². The minimum atomic E-state index is -0.947. The van der Waals surface area contributed by atoms with Crippen LogP contribution in [-0.4, -0.2) is 37.1 Å². The van der Waals surface area contributed by atoms with Gasteiger partial charge in [0.25, 0.3) is 0 Å². The molecule has 0 aliphatic rings. The molecule has 0 aliphatic carbocycles. The van der Waals surface area contributed by atoms with E-state index in [9.17, 15) is 5.11 Å². The van der Waals surface area contributed by atoms with E-state index in [-0.39, 0.29) is 12.0 Å². The Morgan fingerprint density at radius 3 is 2.46 bits per heavy atom. The molecule has 5 nitrogen and oxygen atoms in total. The highest BCUT2D eigenvalue weighted by Crippen LogP contribution is 2.40. The molecule has 0 spiro atoms. The highest BCUT2D eigenvalue weighted by molar-refractivity contribution is 6.31. The quantitative estimate of drug-likeness (QED) is 0.528. The molecule has 0 fully saturated rings. The topological polar surface area (TPSA) is 71.0 Å². The third-order valence-corrected chi connectivity index (χ3v) is 4.40. The number of methoxy groups -OCH3 is 1. The zero-order chi connectivity index (χ0) is 20.7. The van der Waals surface area contributed by atoms with Crippen molar-refractivity contribution < 1.29 is 19.7 Å². The Hall–Kier alpha value is -1.95. The summed E-state index contributed by atoms with van der Waals surface area (Å²) in [6.45, 7) is 7.44. The Labute approximate surface area is 172 Å². The molecule has 2 aromatic carbocycles. The molecule has 0 aromatic heterocycles. The number of para-hydroxylation sites is 1. The Morgan fingerprint density at radius 2 is 1.82 bits per heavy atom. The average molecular weight is 408 g/mol. The van der Waals surface area contributed by atoms with Crippen molar-refractivity contribution in [2.75, 3.05) is 32.2 Å². The maximum atomic E-state index is 11.2. The lowest BCUT2D eigenvalue weighted by atomic mass is 9.95. The summed E-state index contributed by atoms with van der Waals surface area (Å²) < 4.78 is 11.3. The van der Waals surface area contributed by atoms with Gasteiger partial charge < -0.3 is 25.0 Å². The van der Waals surface area contributed by atoms with E-state index in [0.29, 0.717) is 52.9 Å². The lowest BCUT2D eigenvalue weighted by molar-refractivity contribution is 0.213. The number of aliphatic hydroxyl groups is 2. The van der Waals surface area contributed by atoms with Crippen LogP contribution in [0.2, 0.25) is 5.02 Å². The molecule has 2 aromatic rings. The van der Waals surface area contributed by atoms with Gasteiger partial charge in [0, 0.05) is 41.8 Å². The van der Waals surface area contributed by atoms with Gasteiger partial charge in [-0.25, -0.2) is 0 Å². The first-order valence-electron chi connectivity index (χ1n) is 9.39. The minimum Gasteiger partial charge on any atom is -0.496 e. The van der Waals surface area contributed by atoms with Crippen LogP contribution in [0.4, 0.5) is 5.69 Å². The Morgan fingerprint density at radius 1 is 1.11 bits per heavy atom. The van der Waals surface area contributed by atoms with Crippen LogP contribution in [0.1, 0.15) is 44.4 Å². The fourth-order valence-corrected chi connectivity index (χ4v) is 3.00. The van der Waals surface area contributed by atoms with E-state index in [2.05, 4.69) is 26.1 Å². The summed E-state index contributed by atoms with van der Waals surface area (Å²) in [5.74, 6) is 1.15. The van der Waals surface area contributed by atoms with Gasteiger partial charge in [0.15, 0.2) is 0 Å². The van der Waals surface area contributed by atoms with Crippen molar-refractivity contribution in [3.05, 3.63) is 52.5 Å². The molecule has 3 N–H and O–H groups in total. The molecule has 0 amide bonds. The number of anilines is 1. The summed E-state index contributed by atoms with van der Waals surface area (Å²) in [7, 11) is 1.58. The van der Waals surface area contributed by atoms with Gasteiger partial charge in [-0.1, -0.05) is 50.6 Å². The Bertz CT molecular complexity index is 774. The van der Waals surface area contributed by atoms with E-state index >= 15 is 0 Å². The molecule has 0 saturated carbocycles. The number of halogens is 1. The molecule has 154 valence electrons. The Balaban J connectivity index is 2.50. The fraction of sp³-hybridized carbons (Fsp3) is 0.455. The first-order valence-corrected chi connectivity index (χ1v) is 9.76. The van der Waals surface area contributed by atoms with Crippen LogP contribution in [0.5, 0.6) is 11.5 Å². The van der Waals surface area contributed by atoms with Gasteiger partial charge in [0.1, 0.15) is 17.6 Å². The number of benzene rings is 2. The number of hydrogen-bond acceptors (Lipinski definition) is 5. The Kier molecular flexibility index (Phi) is 7.98. The molecular formula is C22H30ClNO4. The average Bonchev–Trinajstić information content (AvgIpc) is 2.65. The second-order valence-electron chi connectivity index (χ2n) is 7.85. The lowest BCUT2D eigenvalue weighted by Gasteiger charge is -2.25. The molecular weight excluding hydrogens is 378 g/mol. The van der Waals surface area contributed by atoms with Gasteiger partial charge >= 0.3 is 0 Å². The van der Waals surface area contributed by atoms with Gasteiger partial charge in [-0.05, 0) is 17.5 Å². The molecule has 6 heteroatoms. The summed E-state index contributed by atoms with van der Waals surface area (Å²) in [5.41, 5.74) is 1.97. The number of nitrogens with one attached hydrogen (secondary N) is 1. The van der Waals surface area contributed by atoms with Gasteiger partial charge in [0.2, 0.25) is 0 Å². The van der Waals surface area contributed by atoms with Crippen molar-refractivity contribution >= 4 is 17.3 Å². The fourth-order valence-electron chi connectivity index (χ4n) is 2.78. The maximum Gasteiger partial charge on any atom is 0.144 e. The van der Waals surface area contributed by atoms with E-state index in [4.69, 9.17) is 26.2 Å². The highest BCUT2D eigenvalue weighted by Gasteiger charge is 2.23. The SMILES string of the molecule is COc1ccccc1[C@H](O)c1cc(Cl)cc(OCCCO)c1NCC(C)(C)C. The highest BCUT2D eigenvalue weighted by atomic mass is 35.5. The third kappa shape index (κ3) is 6.03. The summed E-state index contributed by atoms with van der Waals surface area (Å²) in [6.07, 6.45) is -0.437. The van der Waals surface area contributed by atoms with Crippen LogP contribution >= 0.6 is 11.6 Å². The molecule has 1 atom stereocenters. The van der Waals surface area contributed by atoms with Crippen molar-refractivity contribution in [1.82, 2.24) is 0 Å². The molecule has 0 saturated heterocycles. The smallest absolute Gasteiger partial charge is 0.144 e. The molecule has 0 bridgehead atoms. The summed E-state index contributed by atoms with van der Waals surface area (Å²) in [4.78, 5) is 0. The first-order chi connectivity index (χ1) is 13.3. The number of ether oxygens (including phenoxy) is 2. The first kappa shape index (κ1) is 22.3. The van der Waals surface area contributed by atoms with Crippen LogP contribution in [0.3, 0.4) is 0 Å². The summed E-state index contributed by atoms with van der Waals surface area (Å²) in [5, 5.41) is 24.1. The van der Waals surface area contributed by atoms with Gasteiger partial charge in [-0.2, -0.15) is 0 Å². The van der Waals surface area contributed by atoms with Crippen LogP contribution in [0.15, 0.2) is 36.4 Å². The zero-order valence-electron chi connectivity index (χ0n) is 17.0. The lowest BCUT2D eigenvalue weighted by Crippen LogP contribution is -2.21. The number of hydrogen-bond donors (Lipinski definition) is 3. The van der Waals surface area contributed by atoms with Crippen molar-refractivity contribution in [2.45, 2.75) is 33.3 Å². The van der Waals surface area contributed by atoms with Crippen molar-refractivity contribution in [3.63, 3.8) is 0 Å². The monoisotopic (exact) mass is 407 g/mol. The minimum absolute atomic E-state index is 0.0225. The van der Waals surface area contributed by atoms with Crippen molar-refractivity contribution in [3.8, 4) is 11.5 Å². The largest absolute Gasteiger partial charge is 0.496 e. The summed E-state index contributed by atoms with van der Waals surface area (Å²) >= 11 is 6.33. The van der Waals surface area contributed by atoms with Crippen LogP contribution in [-0.2, 0) is 0 Å². The third-order valence-electron chi connectivity index (χ3n) is 4.18. The maximum absolute atomic E-state index is 11.2. The second kappa shape index (κ2) is 10.0. The standard InChI is InChI=1S/C22H30ClNO4/c1-22(2,3)14-24-20-17(12-15(23)13-19(20)28-11-7-10-25)21(26)16-8-5-6-9-18(16)27-4/h5-6,8-9,12-13,21,24-26H,7,10-11,14H2,1-4H3/t21-/m0/s1. The molecule has 0 aliphatic heterocycles. The van der Waals surface area contributed by atoms with Gasteiger partial charge in [-0.3, -0.25) is 0 Å². The predicted molar refractivity (Wildman–Crippen MR) is 114 cm³/mol. The predicted octanol–water partition coefficient (Wildman–Crippen LogP) is 4.65. The van der Waals surface area contributed by atoms with E-state index < -0.39 is 6.10 Å². The number of rotatable bonds is 9. The van der Waals surface area contributed by atoms with E-state index in [0.717, 1.165) is 0 Å².